The van der Waals surface area contributed by atoms with Crippen molar-refractivity contribution in [1.82, 2.24) is 8.96 Å². The third kappa shape index (κ3) is 2.51. The Labute approximate surface area is 150 Å². The minimum atomic E-state index is -3.87. The summed E-state index contributed by atoms with van der Waals surface area (Å²) in [6, 6.07) is 20.4. The van der Waals surface area contributed by atoms with Crippen molar-refractivity contribution in [3.05, 3.63) is 84.6 Å². The molecule has 2 heterocycles. The zero-order valence-corrected chi connectivity index (χ0v) is 14.4. The van der Waals surface area contributed by atoms with Gasteiger partial charge in [-0.3, -0.25) is 9.78 Å². The Hall–Kier alpha value is -3.25. The van der Waals surface area contributed by atoms with E-state index in [-0.39, 0.29) is 4.90 Å². The molecule has 0 saturated heterocycles. The predicted molar refractivity (Wildman–Crippen MR) is 99.6 cm³/mol. The van der Waals surface area contributed by atoms with E-state index in [1.807, 2.05) is 12.1 Å². The van der Waals surface area contributed by atoms with Gasteiger partial charge in [0, 0.05) is 17.1 Å². The fourth-order valence-corrected chi connectivity index (χ4v) is 4.51. The maximum Gasteiger partial charge on any atom is 0.268 e. The van der Waals surface area contributed by atoms with Crippen LogP contribution in [0, 0.1) is 0 Å². The summed E-state index contributed by atoms with van der Waals surface area (Å²) >= 11 is 0. The van der Waals surface area contributed by atoms with Gasteiger partial charge in [0.15, 0.2) is 6.29 Å². The van der Waals surface area contributed by atoms with E-state index in [0.29, 0.717) is 28.8 Å². The molecule has 128 valence electrons. The first-order chi connectivity index (χ1) is 12.6. The van der Waals surface area contributed by atoms with Gasteiger partial charge in [0.1, 0.15) is 0 Å². The second-order valence-electron chi connectivity index (χ2n) is 5.73. The molecular weight excluding hydrogens is 348 g/mol. The van der Waals surface area contributed by atoms with Crippen LogP contribution in [0.15, 0.2) is 83.9 Å². The quantitative estimate of drug-likeness (QED) is 0.519. The summed E-state index contributed by atoms with van der Waals surface area (Å²) in [7, 11) is -3.87. The van der Waals surface area contributed by atoms with Crippen LogP contribution in [-0.4, -0.2) is 23.7 Å². The zero-order chi connectivity index (χ0) is 18.1. The molecule has 5 nitrogen and oxygen atoms in total. The van der Waals surface area contributed by atoms with Gasteiger partial charge in [-0.2, -0.15) is 0 Å². The van der Waals surface area contributed by atoms with E-state index in [0.717, 1.165) is 5.39 Å². The predicted octanol–water partition coefficient (Wildman–Crippen LogP) is 3.75. The largest absolute Gasteiger partial charge is 0.298 e. The first-order valence-electron chi connectivity index (χ1n) is 7.94. The van der Waals surface area contributed by atoms with Gasteiger partial charge in [-0.15, -0.1) is 0 Å². The molecule has 0 amide bonds. The lowest BCUT2D eigenvalue weighted by molar-refractivity contribution is 0.112. The highest BCUT2D eigenvalue weighted by Gasteiger charge is 2.25. The molecule has 0 spiro atoms. The van der Waals surface area contributed by atoms with Crippen molar-refractivity contribution in [3.8, 4) is 11.4 Å². The number of benzene rings is 2. The van der Waals surface area contributed by atoms with E-state index in [1.165, 1.54) is 3.97 Å². The molecule has 0 atom stereocenters. The van der Waals surface area contributed by atoms with E-state index in [4.69, 9.17) is 0 Å². The Kier molecular flexibility index (Phi) is 3.89. The molecule has 0 aliphatic rings. The number of hydrogen-bond acceptors (Lipinski definition) is 4. The smallest absolute Gasteiger partial charge is 0.268 e. The van der Waals surface area contributed by atoms with E-state index >= 15 is 0 Å². The van der Waals surface area contributed by atoms with Crippen molar-refractivity contribution in [2.75, 3.05) is 0 Å². The van der Waals surface area contributed by atoms with Crippen LogP contribution in [0.2, 0.25) is 0 Å². The molecule has 0 N–H and O–H groups in total. The van der Waals surface area contributed by atoms with E-state index in [1.54, 1.807) is 66.9 Å². The number of rotatable bonds is 4. The molecule has 0 bridgehead atoms. The average molecular weight is 362 g/mol. The number of aldehydes is 1. The van der Waals surface area contributed by atoms with Crippen LogP contribution in [-0.2, 0) is 10.0 Å². The van der Waals surface area contributed by atoms with Crippen molar-refractivity contribution in [2.24, 2.45) is 0 Å². The summed E-state index contributed by atoms with van der Waals surface area (Å²) in [6.45, 7) is 0. The van der Waals surface area contributed by atoms with Crippen LogP contribution in [0.25, 0.3) is 22.3 Å². The van der Waals surface area contributed by atoms with Gasteiger partial charge in [-0.1, -0.05) is 36.4 Å². The van der Waals surface area contributed by atoms with Gasteiger partial charge in [-0.25, -0.2) is 12.4 Å². The van der Waals surface area contributed by atoms with Crippen LogP contribution in [0.5, 0.6) is 0 Å². The highest BCUT2D eigenvalue weighted by Crippen LogP contribution is 2.32. The molecule has 0 saturated carbocycles. The fraction of sp³-hybridized carbons (Fsp3) is 0. The van der Waals surface area contributed by atoms with Crippen LogP contribution in [0.1, 0.15) is 10.4 Å². The number of pyridine rings is 1. The normalized spacial score (nSPS) is 11.5. The van der Waals surface area contributed by atoms with Gasteiger partial charge >= 0.3 is 0 Å². The first-order valence-corrected chi connectivity index (χ1v) is 9.38. The molecule has 2 aromatic carbocycles. The maximum atomic E-state index is 13.3. The highest BCUT2D eigenvalue weighted by molar-refractivity contribution is 7.90. The Morgan fingerprint density at radius 3 is 2.38 bits per heavy atom. The minimum absolute atomic E-state index is 0.172. The molecule has 0 aliphatic heterocycles. The van der Waals surface area contributed by atoms with Crippen molar-refractivity contribution < 1.29 is 13.2 Å². The number of nitrogens with zero attached hydrogens (tertiary/aromatic N) is 2. The van der Waals surface area contributed by atoms with Crippen molar-refractivity contribution >= 4 is 27.2 Å². The Balaban J connectivity index is 2.11. The second kappa shape index (κ2) is 6.24. The van der Waals surface area contributed by atoms with Crippen LogP contribution >= 0.6 is 0 Å². The molecular formula is C20H14N2O3S. The molecule has 0 radical (unpaired) electrons. The van der Waals surface area contributed by atoms with Crippen LogP contribution in [0.3, 0.4) is 0 Å². The van der Waals surface area contributed by atoms with Crippen LogP contribution in [0.4, 0.5) is 0 Å². The summed E-state index contributed by atoms with van der Waals surface area (Å²) in [6.07, 6.45) is 2.22. The Morgan fingerprint density at radius 1 is 0.885 bits per heavy atom. The second-order valence-corrected chi connectivity index (χ2v) is 7.52. The minimum Gasteiger partial charge on any atom is -0.298 e. The number of para-hydroxylation sites is 1. The number of aromatic nitrogens is 2. The maximum absolute atomic E-state index is 13.3. The van der Waals surface area contributed by atoms with Crippen molar-refractivity contribution in [2.45, 2.75) is 4.90 Å². The van der Waals surface area contributed by atoms with Crippen LogP contribution < -0.4 is 0 Å². The van der Waals surface area contributed by atoms with Crippen molar-refractivity contribution in [3.63, 3.8) is 0 Å². The monoisotopic (exact) mass is 362 g/mol. The molecule has 0 unspecified atom stereocenters. The first kappa shape index (κ1) is 16.2. The molecule has 4 rings (SSSR count). The summed E-state index contributed by atoms with van der Waals surface area (Å²) in [5.41, 5.74) is 1.56. The van der Waals surface area contributed by atoms with E-state index in [2.05, 4.69) is 4.98 Å². The fourth-order valence-electron chi connectivity index (χ4n) is 2.98. The van der Waals surface area contributed by atoms with Gasteiger partial charge in [0.25, 0.3) is 10.0 Å². The molecule has 26 heavy (non-hydrogen) atoms. The molecule has 0 fully saturated rings. The van der Waals surface area contributed by atoms with Gasteiger partial charge in [0.05, 0.1) is 21.8 Å². The number of fused-ring (bicyclic) bond motifs is 1. The Morgan fingerprint density at radius 2 is 1.62 bits per heavy atom. The van der Waals surface area contributed by atoms with E-state index in [9.17, 15) is 13.2 Å². The third-order valence-electron chi connectivity index (χ3n) is 4.16. The summed E-state index contributed by atoms with van der Waals surface area (Å²) in [5, 5.41) is 0.754. The average Bonchev–Trinajstić information content (AvgIpc) is 3.08. The third-order valence-corrected chi connectivity index (χ3v) is 5.90. The lowest BCUT2D eigenvalue weighted by Gasteiger charge is -2.12. The molecule has 4 aromatic rings. The Bertz CT molecular complexity index is 1210. The number of hydrogen-bond donors (Lipinski definition) is 0. The molecule has 2 aromatic heterocycles. The van der Waals surface area contributed by atoms with E-state index < -0.39 is 10.0 Å². The summed E-state index contributed by atoms with van der Waals surface area (Å²) in [4.78, 5) is 15.9. The summed E-state index contributed by atoms with van der Waals surface area (Å²) in [5.74, 6) is 0. The number of carbonyl (C=O) groups is 1. The lowest BCUT2D eigenvalue weighted by Crippen LogP contribution is -2.14. The van der Waals surface area contributed by atoms with Crippen molar-refractivity contribution in [1.29, 1.82) is 0 Å². The van der Waals surface area contributed by atoms with Gasteiger partial charge in [0.2, 0.25) is 0 Å². The molecule has 6 heteroatoms. The highest BCUT2D eigenvalue weighted by atomic mass is 32.2. The zero-order valence-electron chi connectivity index (χ0n) is 13.6. The molecule has 0 aliphatic carbocycles. The SMILES string of the molecule is O=Cc1cccnc1-c1cc2ccccc2n1S(=O)(=O)c1ccccc1. The topological polar surface area (TPSA) is 69.0 Å². The standard InChI is InChI=1S/C20H14N2O3S/c23-14-16-8-6-12-21-20(16)19-13-15-7-4-5-11-18(15)22(19)26(24,25)17-9-2-1-3-10-17/h1-14H. The summed E-state index contributed by atoms with van der Waals surface area (Å²) < 4.78 is 28.0. The van der Waals surface area contributed by atoms with Gasteiger partial charge in [-0.05, 0) is 36.4 Å². The van der Waals surface area contributed by atoms with Gasteiger partial charge < -0.3 is 0 Å². The lowest BCUT2D eigenvalue weighted by atomic mass is 10.1. The number of carbonyl (C=O) groups excluding carboxylic acids is 1.